The fraction of sp³-hybridized carbons (Fsp3) is 0.634. The number of nitrogens with one attached hydrogen (secondary N) is 1. The normalized spacial score (nSPS) is 30.0. The van der Waals surface area contributed by atoms with Crippen LogP contribution in [0, 0.1) is 5.92 Å². The summed E-state index contributed by atoms with van der Waals surface area (Å²) in [5.74, 6) is -0.961. The van der Waals surface area contributed by atoms with Crippen molar-refractivity contribution < 1.29 is 52.8 Å². The smallest absolute Gasteiger partial charge is 0.409 e. The number of alkyl carbamates (subject to hydrolysis) is 1. The molecule has 0 saturated carbocycles. The Labute approximate surface area is 354 Å². The Morgan fingerprint density at radius 3 is 2.55 bits per heavy atom. The molecule has 17 heteroatoms. The third-order valence-electron chi connectivity index (χ3n) is 11.1. The third kappa shape index (κ3) is 11.7. The maximum Gasteiger partial charge on any atom is 0.409 e. The molecule has 0 aromatic heterocycles. The Kier molecular flexibility index (Phi) is 16.6. The zero-order valence-corrected chi connectivity index (χ0v) is 37.4. The van der Waals surface area contributed by atoms with Crippen molar-refractivity contribution in [2.45, 2.75) is 127 Å². The number of fused-ring (bicyclic) bond motifs is 5. The first-order valence-electron chi connectivity index (χ1n) is 19.4. The second-order valence-electron chi connectivity index (χ2n) is 15.6. The number of Topliss-reactive ketones (excluding diaryl/α,β-unsaturated/α-hetero) is 1. The molecule has 3 amide bonds. The predicted molar refractivity (Wildman–Crippen MR) is 225 cm³/mol. The summed E-state index contributed by atoms with van der Waals surface area (Å²) in [6, 6.07) is 2.58. The average Bonchev–Trinajstić information content (AvgIpc) is 3.87. The Morgan fingerprint density at radius 1 is 1.19 bits per heavy atom. The minimum Gasteiger partial charge on any atom is -0.495 e. The molecule has 4 bridgehead atoms. The maximum absolute atomic E-state index is 14.2. The number of allylic oxidation sites excluding steroid dienone is 3. The lowest BCUT2D eigenvalue weighted by molar-refractivity contribution is -0.162. The van der Waals surface area contributed by atoms with Gasteiger partial charge in [-0.15, -0.1) is 0 Å². The highest BCUT2D eigenvalue weighted by Gasteiger charge is 2.64. The van der Waals surface area contributed by atoms with Crippen LogP contribution in [0.4, 0.5) is 10.5 Å². The van der Waals surface area contributed by atoms with Gasteiger partial charge in [0.05, 0.1) is 25.3 Å². The summed E-state index contributed by atoms with van der Waals surface area (Å²) in [4.78, 5) is 68.2. The highest BCUT2D eigenvalue weighted by Crippen LogP contribution is 2.49. The molecule has 1 unspecified atom stereocenters. The molecule has 3 aliphatic rings. The van der Waals surface area contributed by atoms with E-state index < -0.39 is 65.7 Å². The highest BCUT2D eigenvalue weighted by atomic mass is 35.5. The molecule has 0 spiro atoms. The van der Waals surface area contributed by atoms with E-state index in [9.17, 15) is 29.1 Å². The molecule has 14 nitrogen and oxygen atoms in total. The highest BCUT2D eigenvalue weighted by molar-refractivity contribution is 8.76. The number of amides is 3. The van der Waals surface area contributed by atoms with E-state index in [4.69, 9.17) is 35.3 Å². The molecule has 4 rings (SSSR count). The van der Waals surface area contributed by atoms with Crippen LogP contribution in [-0.4, -0.2) is 121 Å². The van der Waals surface area contributed by atoms with Crippen molar-refractivity contribution in [2.75, 3.05) is 39.0 Å². The van der Waals surface area contributed by atoms with Gasteiger partial charge in [0.2, 0.25) is 11.8 Å². The number of ether oxygens (including phenoxy) is 5. The average molecular weight is 869 g/mol. The van der Waals surface area contributed by atoms with Crippen molar-refractivity contribution in [1.29, 1.82) is 0 Å². The third-order valence-corrected chi connectivity index (χ3v) is 14.4. The number of halogens is 1. The van der Waals surface area contributed by atoms with E-state index in [0.717, 1.165) is 17.6 Å². The number of aliphatic hydroxyl groups is 1. The number of hydrogen-bond acceptors (Lipinski definition) is 13. The molecule has 9 atom stereocenters. The Hall–Kier alpha value is -3.28. The van der Waals surface area contributed by atoms with Crippen molar-refractivity contribution in [3.63, 3.8) is 0 Å². The van der Waals surface area contributed by atoms with Gasteiger partial charge >= 0.3 is 12.1 Å². The second kappa shape index (κ2) is 20.3. The van der Waals surface area contributed by atoms with Gasteiger partial charge < -0.3 is 43.4 Å². The molecule has 58 heavy (non-hydrogen) atoms. The number of methoxy groups -OCH3 is 2. The Balaban J connectivity index is 1.63. The molecule has 2 saturated heterocycles. The molecule has 2 fully saturated rings. The van der Waals surface area contributed by atoms with Crippen LogP contribution in [0.3, 0.4) is 0 Å². The monoisotopic (exact) mass is 867 g/mol. The number of likely N-dealkylation sites (N-methyl/N-ethyl adjacent to an activating group) is 1. The van der Waals surface area contributed by atoms with Crippen molar-refractivity contribution in [3.8, 4) is 5.75 Å². The van der Waals surface area contributed by atoms with Crippen LogP contribution in [-0.2, 0) is 44.5 Å². The number of carbonyl (C=O) groups is 5. The molecular weight excluding hydrogens is 810 g/mol. The van der Waals surface area contributed by atoms with Crippen LogP contribution in [0.25, 0.3) is 0 Å². The number of carbonyl (C=O) groups excluding carboxylic acids is 5. The number of epoxide rings is 1. The van der Waals surface area contributed by atoms with Crippen LogP contribution in [0.2, 0.25) is 5.02 Å². The van der Waals surface area contributed by atoms with Gasteiger partial charge in [0.15, 0.2) is 5.72 Å². The lowest BCUT2D eigenvalue weighted by atomic mass is 9.83. The molecule has 0 aliphatic carbocycles. The molecule has 1 aromatic rings. The first-order chi connectivity index (χ1) is 27.2. The predicted octanol–water partition coefficient (Wildman–Crippen LogP) is 6.04. The zero-order valence-electron chi connectivity index (χ0n) is 35.0. The first-order valence-corrected chi connectivity index (χ1v) is 22.1. The molecule has 322 valence electrons. The van der Waals surface area contributed by atoms with E-state index in [2.05, 4.69) is 5.32 Å². The molecular formula is C41H58ClN3O11S2. The van der Waals surface area contributed by atoms with E-state index in [-0.39, 0.29) is 41.2 Å². The lowest BCUT2D eigenvalue weighted by Gasteiger charge is -2.42. The molecule has 3 aliphatic heterocycles. The summed E-state index contributed by atoms with van der Waals surface area (Å²) in [6.45, 7) is 10.6. The van der Waals surface area contributed by atoms with Gasteiger partial charge in [0.25, 0.3) is 0 Å². The van der Waals surface area contributed by atoms with Gasteiger partial charge in [-0.25, -0.2) is 9.59 Å². The van der Waals surface area contributed by atoms with E-state index in [0.29, 0.717) is 30.0 Å². The van der Waals surface area contributed by atoms with Crippen molar-refractivity contribution >= 4 is 68.5 Å². The summed E-state index contributed by atoms with van der Waals surface area (Å²) >= 11 is 6.78. The van der Waals surface area contributed by atoms with Gasteiger partial charge in [-0.2, -0.15) is 0 Å². The quantitative estimate of drug-likeness (QED) is 0.102. The van der Waals surface area contributed by atoms with E-state index >= 15 is 0 Å². The van der Waals surface area contributed by atoms with Crippen molar-refractivity contribution in [3.05, 3.63) is 46.5 Å². The minimum absolute atomic E-state index is 0.0598. The van der Waals surface area contributed by atoms with Crippen LogP contribution < -0.4 is 15.0 Å². The van der Waals surface area contributed by atoms with Gasteiger partial charge in [-0.05, 0) is 58.2 Å². The number of hydrogen-bond donors (Lipinski definition) is 2. The van der Waals surface area contributed by atoms with Gasteiger partial charge in [0, 0.05) is 57.4 Å². The van der Waals surface area contributed by atoms with Gasteiger partial charge in [0.1, 0.15) is 46.5 Å². The maximum atomic E-state index is 14.2. The van der Waals surface area contributed by atoms with E-state index in [1.807, 2.05) is 19.9 Å². The Bertz CT molecular complexity index is 1760. The number of benzene rings is 1. The molecule has 1 aromatic carbocycles. The van der Waals surface area contributed by atoms with Gasteiger partial charge in [-0.3, -0.25) is 14.9 Å². The van der Waals surface area contributed by atoms with Crippen LogP contribution in [0.15, 0.2) is 35.9 Å². The second-order valence-corrected chi connectivity index (χ2v) is 18.9. The van der Waals surface area contributed by atoms with Crippen LogP contribution in [0.5, 0.6) is 5.75 Å². The SMILES string of the molecule is COc1cc2cc(c1Cl)N(C)C(=O)C[C@H](OC(=O)[C@H](C)N(C)C(=O)CCSSC(C)CCC(C)=O)[C@@]1(C)O[C@H]1[C@H](C)[C@@H]1C[C@@](O)(NC(=O)O1)[C@H](OC)/C=C/C=C(\C)C2. The standard InChI is InChI=1S/C41H58ClN3O11S2/c1-23-12-11-13-32(53-10)41(51)22-31(54-39(50)43-41)26(4)37-40(6,56-37)33(21-35(48)45(8)29-19-28(18-23)20-30(52-9)36(29)42)55-38(49)27(5)44(7)34(47)16-17-57-58-25(3)15-14-24(2)46/h11-13,19-20,25-27,31-33,37,51H,14-18,21-22H2,1-10H3,(H,43,50)/b13-11+,23-12+/t25?,26-,27+,31+,32-,33+,37+,40-,41+/m1/s1. The topological polar surface area (TPSA) is 174 Å². The van der Waals surface area contributed by atoms with E-state index in [1.165, 1.54) is 41.9 Å². The first kappa shape index (κ1) is 47.4. The number of esters is 1. The molecule has 3 heterocycles. The summed E-state index contributed by atoms with van der Waals surface area (Å²) in [6.07, 6.45) is 2.29. The van der Waals surface area contributed by atoms with Crippen LogP contribution in [0.1, 0.15) is 79.2 Å². The largest absolute Gasteiger partial charge is 0.495 e. The number of rotatable bonds is 13. The summed E-state index contributed by atoms with van der Waals surface area (Å²) in [5.41, 5.74) is -0.964. The van der Waals surface area contributed by atoms with Crippen LogP contribution >= 0.6 is 33.2 Å². The zero-order chi connectivity index (χ0) is 43.1. The fourth-order valence-corrected chi connectivity index (χ4v) is 9.78. The lowest BCUT2D eigenvalue weighted by Crippen LogP contribution is -2.63. The van der Waals surface area contributed by atoms with Crippen molar-refractivity contribution in [1.82, 2.24) is 10.2 Å². The fourth-order valence-electron chi connectivity index (χ4n) is 7.14. The molecule has 2 N–H and O–H groups in total. The van der Waals surface area contributed by atoms with E-state index in [1.54, 1.807) is 69.8 Å². The number of ketones is 1. The summed E-state index contributed by atoms with van der Waals surface area (Å²) < 4.78 is 29.3. The number of nitrogens with zero attached hydrogens (tertiary/aromatic N) is 2. The van der Waals surface area contributed by atoms with Crippen molar-refractivity contribution in [2.24, 2.45) is 5.92 Å². The summed E-state index contributed by atoms with van der Waals surface area (Å²) in [5, 5.41) is 14.8. The number of anilines is 1. The Morgan fingerprint density at radius 2 is 1.90 bits per heavy atom. The van der Waals surface area contributed by atoms with Gasteiger partial charge in [-0.1, -0.05) is 70.8 Å². The molecule has 0 radical (unpaired) electrons. The summed E-state index contributed by atoms with van der Waals surface area (Å²) in [7, 11) is 9.17. The minimum atomic E-state index is -1.84.